The minimum absolute atomic E-state index is 0.0222. The first-order chi connectivity index (χ1) is 8.40. The van der Waals surface area contributed by atoms with Crippen LogP contribution >= 0.6 is 0 Å². The number of nitrogens with one attached hydrogen (secondary N) is 2. The monoisotopic (exact) mass is 257 g/mol. The normalized spacial score (nSPS) is 20.4. The van der Waals surface area contributed by atoms with E-state index in [-0.39, 0.29) is 18.1 Å². The van der Waals surface area contributed by atoms with Gasteiger partial charge in [-0.1, -0.05) is 0 Å². The molecule has 0 aliphatic carbocycles. The van der Waals surface area contributed by atoms with Crippen molar-refractivity contribution in [1.82, 2.24) is 15.5 Å². The molecule has 1 heterocycles. The highest BCUT2D eigenvalue weighted by Gasteiger charge is 2.21. The molecule has 5 heteroatoms. The highest BCUT2D eigenvalue weighted by atomic mass is 16.3. The SMILES string of the molecule is CC(C)(C)NC(=O)CN(CCO)CC1CCCN1. The quantitative estimate of drug-likeness (QED) is 0.624. The third-order valence-electron chi connectivity index (χ3n) is 2.94. The first kappa shape index (κ1) is 15.4. The zero-order valence-corrected chi connectivity index (χ0v) is 11.8. The fraction of sp³-hybridized carbons (Fsp3) is 0.923. The van der Waals surface area contributed by atoms with Crippen LogP contribution in [0.15, 0.2) is 0 Å². The minimum Gasteiger partial charge on any atom is -0.395 e. The molecule has 0 spiro atoms. The Bertz CT molecular complexity index is 257. The Kier molecular flexibility index (Phi) is 6.05. The van der Waals surface area contributed by atoms with Crippen LogP contribution in [0.3, 0.4) is 0 Å². The second-order valence-corrected chi connectivity index (χ2v) is 6.05. The van der Waals surface area contributed by atoms with Gasteiger partial charge in [0.15, 0.2) is 0 Å². The van der Waals surface area contributed by atoms with Crippen molar-refractivity contribution in [3.05, 3.63) is 0 Å². The molecule has 0 saturated carbocycles. The summed E-state index contributed by atoms with van der Waals surface area (Å²) in [7, 11) is 0. The molecule has 1 unspecified atom stereocenters. The predicted molar refractivity (Wildman–Crippen MR) is 72.4 cm³/mol. The van der Waals surface area contributed by atoms with E-state index >= 15 is 0 Å². The van der Waals surface area contributed by atoms with Crippen molar-refractivity contribution in [3.8, 4) is 0 Å². The molecule has 5 nitrogen and oxygen atoms in total. The predicted octanol–water partition coefficient (Wildman–Crippen LogP) is -0.0526. The van der Waals surface area contributed by atoms with E-state index in [1.807, 2.05) is 25.7 Å². The first-order valence-electron chi connectivity index (χ1n) is 6.78. The van der Waals surface area contributed by atoms with Crippen molar-refractivity contribution >= 4 is 5.91 Å². The van der Waals surface area contributed by atoms with E-state index in [0.29, 0.717) is 19.1 Å². The zero-order chi connectivity index (χ0) is 13.6. The molecule has 1 atom stereocenters. The molecule has 0 bridgehead atoms. The van der Waals surface area contributed by atoms with Crippen LogP contribution in [0.5, 0.6) is 0 Å². The molecule has 106 valence electrons. The molecule has 0 radical (unpaired) electrons. The molecule has 1 aliphatic rings. The lowest BCUT2D eigenvalue weighted by Gasteiger charge is -2.27. The van der Waals surface area contributed by atoms with Gasteiger partial charge in [-0.05, 0) is 40.2 Å². The van der Waals surface area contributed by atoms with Crippen molar-refractivity contribution in [2.75, 3.05) is 32.8 Å². The summed E-state index contributed by atoms with van der Waals surface area (Å²) in [5.74, 6) is 0.0222. The Morgan fingerprint density at radius 2 is 2.22 bits per heavy atom. The third-order valence-corrected chi connectivity index (χ3v) is 2.94. The number of amides is 1. The Labute approximate surface area is 110 Å². The Hall–Kier alpha value is -0.650. The number of hydrogen-bond acceptors (Lipinski definition) is 4. The summed E-state index contributed by atoms with van der Waals surface area (Å²) >= 11 is 0. The van der Waals surface area contributed by atoms with E-state index in [2.05, 4.69) is 10.6 Å². The Balaban J connectivity index is 2.38. The summed E-state index contributed by atoms with van der Waals surface area (Å²) < 4.78 is 0. The number of rotatable bonds is 6. The van der Waals surface area contributed by atoms with Gasteiger partial charge < -0.3 is 15.7 Å². The van der Waals surface area contributed by atoms with E-state index in [1.165, 1.54) is 6.42 Å². The summed E-state index contributed by atoms with van der Waals surface area (Å²) in [4.78, 5) is 13.9. The molecule has 0 aromatic heterocycles. The maximum atomic E-state index is 11.9. The largest absolute Gasteiger partial charge is 0.395 e. The van der Waals surface area contributed by atoms with Crippen LogP contribution in [0.4, 0.5) is 0 Å². The molecule has 0 aromatic rings. The van der Waals surface area contributed by atoms with Crippen LogP contribution in [0.2, 0.25) is 0 Å². The summed E-state index contributed by atoms with van der Waals surface area (Å²) in [5.41, 5.74) is -0.201. The molecule has 1 rings (SSSR count). The smallest absolute Gasteiger partial charge is 0.234 e. The summed E-state index contributed by atoms with van der Waals surface area (Å²) in [6.45, 7) is 8.81. The van der Waals surface area contributed by atoms with E-state index in [4.69, 9.17) is 5.11 Å². The number of nitrogens with zero attached hydrogens (tertiary/aromatic N) is 1. The van der Waals surface area contributed by atoms with Gasteiger partial charge in [-0.25, -0.2) is 0 Å². The van der Waals surface area contributed by atoms with Crippen molar-refractivity contribution in [2.45, 2.75) is 45.2 Å². The summed E-state index contributed by atoms with van der Waals surface area (Å²) in [5, 5.41) is 15.4. The van der Waals surface area contributed by atoms with Crippen LogP contribution in [0.25, 0.3) is 0 Å². The van der Waals surface area contributed by atoms with Crippen LogP contribution in [-0.2, 0) is 4.79 Å². The molecule has 1 saturated heterocycles. The Morgan fingerprint density at radius 1 is 1.50 bits per heavy atom. The summed E-state index contributed by atoms with van der Waals surface area (Å²) in [6, 6.07) is 0.457. The minimum atomic E-state index is -0.201. The van der Waals surface area contributed by atoms with Gasteiger partial charge in [0.2, 0.25) is 5.91 Å². The number of aliphatic hydroxyl groups is 1. The van der Waals surface area contributed by atoms with Gasteiger partial charge in [-0.2, -0.15) is 0 Å². The van der Waals surface area contributed by atoms with Crippen LogP contribution < -0.4 is 10.6 Å². The molecule has 1 amide bonds. The van der Waals surface area contributed by atoms with E-state index in [0.717, 1.165) is 19.5 Å². The molecule has 1 aliphatic heterocycles. The van der Waals surface area contributed by atoms with Crippen molar-refractivity contribution in [3.63, 3.8) is 0 Å². The van der Waals surface area contributed by atoms with E-state index in [1.54, 1.807) is 0 Å². The van der Waals surface area contributed by atoms with Gasteiger partial charge in [0.1, 0.15) is 0 Å². The fourth-order valence-corrected chi connectivity index (χ4v) is 2.26. The molecular formula is C13H27N3O2. The lowest BCUT2D eigenvalue weighted by Crippen LogP contribution is -2.48. The van der Waals surface area contributed by atoms with Crippen molar-refractivity contribution < 1.29 is 9.90 Å². The number of aliphatic hydroxyl groups excluding tert-OH is 1. The van der Waals surface area contributed by atoms with Gasteiger partial charge in [-0.15, -0.1) is 0 Å². The maximum Gasteiger partial charge on any atom is 0.234 e. The maximum absolute atomic E-state index is 11.9. The van der Waals surface area contributed by atoms with Gasteiger partial charge in [0.25, 0.3) is 0 Å². The van der Waals surface area contributed by atoms with Gasteiger partial charge in [-0.3, -0.25) is 9.69 Å². The average molecular weight is 257 g/mol. The lowest BCUT2D eigenvalue weighted by atomic mass is 10.1. The molecule has 3 N–H and O–H groups in total. The van der Waals surface area contributed by atoms with Gasteiger partial charge in [0, 0.05) is 24.7 Å². The van der Waals surface area contributed by atoms with Crippen LogP contribution in [0, 0.1) is 0 Å². The third kappa shape index (κ3) is 6.33. The van der Waals surface area contributed by atoms with Crippen LogP contribution in [0.1, 0.15) is 33.6 Å². The molecular weight excluding hydrogens is 230 g/mol. The second-order valence-electron chi connectivity index (χ2n) is 6.05. The average Bonchev–Trinajstić information content (AvgIpc) is 2.67. The number of carbonyl (C=O) groups excluding carboxylic acids is 1. The van der Waals surface area contributed by atoms with E-state index < -0.39 is 0 Å². The highest BCUT2D eigenvalue weighted by molar-refractivity contribution is 5.78. The lowest BCUT2D eigenvalue weighted by molar-refractivity contribution is -0.123. The fourth-order valence-electron chi connectivity index (χ4n) is 2.26. The zero-order valence-electron chi connectivity index (χ0n) is 11.8. The second kappa shape index (κ2) is 7.07. The number of carbonyl (C=O) groups is 1. The summed E-state index contributed by atoms with van der Waals surface area (Å²) in [6.07, 6.45) is 2.36. The van der Waals surface area contributed by atoms with Gasteiger partial charge in [0.05, 0.1) is 13.2 Å². The highest BCUT2D eigenvalue weighted by Crippen LogP contribution is 2.07. The molecule has 0 aromatic carbocycles. The van der Waals surface area contributed by atoms with E-state index in [9.17, 15) is 4.79 Å². The van der Waals surface area contributed by atoms with Crippen molar-refractivity contribution in [1.29, 1.82) is 0 Å². The Morgan fingerprint density at radius 3 is 2.72 bits per heavy atom. The first-order valence-corrected chi connectivity index (χ1v) is 6.78. The van der Waals surface area contributed by atoms with Gasteiger partial charge >= 0.3 is 0 Å². The standard InChI is InChI=1S/C13H27N3O2/c1-13(2,3)15-12(18)10-16(7-8-17)9-11-5-4-6-14-11/h11,14,17H,4-10H2,1-3H3,(H,15,18). The molecule has 1 fully saturated rings. The van der Waals surface area contributed by atoms with Crippen LogP contribution in [-0.4, -0.2) is 60.3 Å². The number of hydrogen-bond donors (Lipinski definition) is 3. The molecule has 18 heavy (non-hydrogen) atoms. The van der Waals surface area contributed by atoms with Crippen molar-refractivity contribution in [2.24, 2.45) is 0 Å². The topological polar surface area (TPSA) is 64.6 Å².